The van der Waals surface area contributed by atoms with Crippen LogP contribution >= 0.6 is 0 Å². The number of benzene rings is 2. The molecule has 1 saturated heterocycles. The number of hydrogen-bond acceptors (Lipinski definition) is 3. The van der Waals surface area contributed by atoms with Crippen molar-refractivity contribution < 1.29 is 14.4 Å². The summed E-state index contributed by atoms with van der Waals surface area (Å²) in [5.74, 6) is -1.37. The van der Waals surface area contributed by atoms with Gasteiger partial charge in [0.05, 0.1) is 0 Å². The first-order valence-electron chi connectivity index (χ1n) is 8.13. The van der Waals surface area contributed by atoms with Gasteiger partial charge in [0.25, 0.3) is 0 Å². The summed E-state index contributed by atoms with van der Waals surface area (Å²) >= 11 is 0. The topological polar surface area (TPSA) is 78.5 Å². The molecule has 1 aliphatic heterocycles. The Kier molecular flexibility index (Phi) is 4.79. The van der Waals surface area contributed by atoms with Gasteiger partial charge in [-0.25, -0.2) is 0 Å². The van der Waals surface area contributed by atoms with Crippen LogP contribution in [0.2, 0.25) is 0 Å². The minimum absolute atomic E-state index is 0.106. The molecule has 0 aliphatic carbocycles. The average Bonchev–Trinajstić information content (AvgIpc) is 3.03. The Hall–Kier alpha value is -3.15. The van der Waals surface area contributed by atoms with Crippen molar-refractivity contribution in [3.05, 3.63) is 54.1 Å². The minimum atomic E-state index is -0.742. The van der Waals surface area contributed by atoms with E-state index >= 15 is 0 Å². The van der Waals surface area contributed by atoms with Crippen molar-refractivity contribution >= 4 is 34.8 Å². The lowest BCUT2D eigenvalue weighted by molar-refractivity contribution is -0.133. The van der Waals surface area contributed by atoms with Crippen LogP contribution in [-0.2, 0) is 14.4 Å². The van der Waals surface area contributed by atoms with Crippen LogP contribution in [0.3, 0.4) is 0 Å². The molecule has 0 spiro atoms. The Morgan fingerprint density at radius 3 is 2.28 bits per heavy atom. The molecule has 6 nitrogen and oxygen atoms in total. The van der Waals surface area contributed by atoms with Gasteiger partial charge in [-0.2, -0.15) is 0 Å². The number of para-hydroxylation sites is 1. The Balaban J connectivity index is 1.61. The quantitative estimate of drug-likeness (QED) is 0.845. The summed E-state index contributed by atoms with van der Waals surface area (Å²) in [6, 6.07) is 14.1. The number of rotatable bonds is 3. The van der Waals surface area contributed by atoms with Crippen molar-refractivity contribution in [3.63, 3.8) is 0 Å². The van der Waals surface area contributed by atoms with Crippen molar-refractivity contribution in [2.75, 3.05) is 22.1 Å². The molecule has 0 bridgehead atoms. The first-order valence-corrected chi connectivity index (χ1v) is 8.13. The van der Waals surface area contributed by atoms with E-state index in [2.05, 4.69) is 10.6 Å². The predicted molar refractivity (Wildman–Crippen MR) is 96.5 cm³/mol. The van der Waals surface area contributed by atoms with Gasteiger partial charge >= 0.3 is 11.8 Å². The van der Waals surface area contributed by atoms with E-state index in [0.717, 1.165) is 17.7 Å². The summed E-state index contributed by atoms with van der Waals surface area (Å²) in [6.45, 7) is 2.56. The highest BCUT2D eigenvalue weighted by Crippen LogP contribution is 2.23. The number of carbonyl (C=O) groups excluding carboxylic acids is 3. The molecule has 0 aromatic heterocycles. The molecule has 1 fully saturated rings. The van der Waals surface area contributed by atoms with Crippen LogP contribution in [0, 0.1) is 6.92 Å². The number of anilines is 3. The number of amides is 3. The number of nitrogens with zero attached hydrogens (tertiary/aromatic N) is 1. The summed E-state index contributed by atoms with van der Waals surface area (Å²) in [6.07, 6.45) is 1.42. The van der Waals surface area contributed by atoms with Crippen LogP contribution in [0.15, 0.2) is 48.5 Å². The van der Waals surface area contributed by atoms with Gasteiger partial charge in [0.15, 0.2) is 0 Å². The molecule has 3 rings (SSSR count). The molecule has 3 amide bonds. The largest absolute Gasteiger partial charge is 0.318 e. The first-order chi connectivity index (χ1) is 12.0. The van der Waals surface area contributed by atoms with Crippen molar-refractivity contribution in [1.29, 1.82) is 0 Å². The third kappa shape index (κ3) is 3.85. The van der Waals surface area contributed by atoms with Crippen LogP contribution in [-0.4, -0.2) is 24.3 Å². The maximum absolute atomic E-state index is 12.0. The standard InChI is InChI=1S/C19H19N3O3/c1-13-5-2-3-6-16(13)21-19(25)18(24)20-14-8-10-15(11-9-14)22-12-4-7-17(22)23/h2-3,5-6,8-11H,4,7,12H2,1H3,(H,20,24)(H,21,25). The second kappa shape index (κ2) is 7.17. The van der Waals surface area contributed by atoms with E-state index in [1.54, 1.807) is 41.3 Å². The Labute approximate surface area is 145 Å². The fraction of sp³-hybridized carbons (Fsp3) is 0.211. The molecule has 0 radical (unpaired) electrons. The number of hydrogen-bond donors (Lipinski definition) is 2. The number of carbonyl (C=O) groups is 3. The minimum Gasteiger partial charge on any atom is -0.318 e. The second-order valence-corrected chi connectivity index (χ2v) is 5.92. The normalized spacial score (nSPS) is 13.6. The van der Waals surface area contributed by atoms with E-state index in [-0.39, 0.29) is 5.91 Å². The maximum Gasteiger partial charge on any atom is 0.314 e. The molecule has 0 atom stereocenters. The summed E-state index contributed by atoms with van der Waals surface area (Å²) in [7, 11) is 0. The lowest BCUT2D eigenvalue weighted by Crippen LogP contribution is -2.29. The van der Waals surface area contributed by atoms with Crippen molar-refractivity contribution in [1.82, 2.24) is 0 Å². The Morgan fingerprint density at radius 1 is 0.960 bits per heavy atom. The van der Waals surface area contributed by atoms with E-state index in [1.165, 1.54) is 0 Å². The molecular formula is C19H19N3O3. The van der Waals surface area contributed by atoms with Gasteiger partial charge in [0, 0.05) is 30.0 Å². The second-order valence-electron chi connectivity index (χ2n) is 5.92. The third-order valence-corrected chi connectivity index (χ3v) is 4.11. The zero-order valence-electron chi connectivity index (χ0n) is 13.9. The zero-order valence-corrected chi connectivity index (χ0v) is 13.9. The highest BCUT2D eigenvalue weighted by Gasteiger charge is 2.21. The molecule has 2 aromatic carbocycles. The molecule has 1 heterocycles. The highest BCUT2D eigenvalue weighted by molar-refractivity contribution is 6.43. The zero-order chi connectivity index (χ0) is 17.8. The molecule has 6 heteroatoms. The molecule has 1 aliphatic rings. The Morgan fingerprint density at radius 2 is 1.64 bits per heavy atom. The molecule has 0 unspecified atom stereocenters. The third-order valence-electron chi connectivity index (χ3n) is 4.11. The smallest absolute Gasteiger partial charge is 0.314 e. The van der Waals surface area contributed by atoms with Crippen molar-refractivity contribution in [3.8, 4) is 0 Å². The molecule has 2 aromatic rings. The van der Waals surface area contributed by atoms with Crippen LogP contribution in [0.25, 0.3) is 0 Å². The molecule has 25 heavy (non-hydrogen) atoms. The highest BCUT2D eigenvalue weighted by atomic mass is 16.2. The van der Waals surface area contributed by atoms with Crippen LogP contribution in [0.5, 0.6) is 0 Å². The van der Waals surface area contributed by atoms with E-state index in [9.17, 15) is 14.4 Å². The number of nitrogens with one attached hydrogen (secondary N) is 2. The fourth-order valence-corrected chi connectivity index (χ4v) is 2.73. The summed E-state index contributed by atoms with van der Waals surface area (Å²) < 4.78 is 0. The van der Waals surface area contributed by atoms with Gasteiger partial charge in [0.2, 0.25) is 5.91 Å². The first kappa shape index (κ1) is 16.7. The van der Waals surface area contributed by atoms with Crippen LogP contribution in [0.1, 0.15) is 18.4 Å². The summed E-state index contributed by atoms with van der Waals surface area (Å²) in [5.41, 5.74) is 2.78. The van der Waals surface area contributed by atoms with Gasteiger partial charge in [-0.1, -0.05) is 18.2 Å². The Bertz CT molecular complexity index is 815. The van der Waals surface area contributed by atoms with E-state index < -0.39 is 11.8 Å². The summed E-state index contributed by atoms with van der Waals surface area (Å²) in [4.78, 5) is 37.5. The van der Waals surface area contributed by atoms with Gasteiger partial charge in [-0.15, -0.1) is 0 Å². The summed E-state index contributed by atoms with van der Waals surface area (Å²) in [5, 5.41) is 5.14. The van der Waals surface area contributed by atoms with E-state index in [4.69, 9.17) is 0 Å². The monoisotopic (exact) mass is 337 g/mol. The van der Waals surface area contributed by atoms with Gasteiger partial charge in [0.1, 0.15) is 0 Å². The van der Waals surface area contributed by atoms with Gasteiger partial charge < -0.3 is 15.5 Å². The number of aryl methyl sites for hydroxylation is 1. The molecular weight excluding hydrogens is 318 g/mol. The van der Waals surface area contributed by atoms with Crippen LogP contribution in [0.4, 0.5) is 17.1 Å². The SMILES string of the molecule is Cc1ccccc1NC(=O)C(=O)Nc1ccc(N2CCCC2=O)cc1. The lowest BCUT2D eigenvalue weighted by atomic mass is 10.2. The maximum atomic E-state index is 12.0. The lowest BCUT2D eigenvalue weighted by Gasteiger charge is -2.16. The van der Waals surface area contributed by atoms with E-state index in [1.807, 2.05) is 19.1 Å². The van der Waals surface area contributed by atoms with Gasteiger partial charge in [-0.05, 0) is 49.2 Å². The predicted octanol–water partition coefficient (Wildman–Crippen LogP) is 2.70. The fourth-order valence-electron chi connectivity index (χ4n) is 2.73. The molecule has 128 valence electrons. The average molecular weight is 337 g/mol. The van der Waals surface area contributed by atoms with Crippen LogP contribution < -0.4 is 15.5 Å². The van der Waals surface area contributed by atoms with E-state index in [0.29, 0.717) is 24.3 Å². The van der Waals surface area contributed by atoms with Gasteiger partial charge in [-0.3, -0.25) is 14.4 Å². The van der Waals surface area contributed by atoms with Crippen molar-refractivity contribution in [2.45, 2.75) is 19.8 Å². The molecule has 0 saturated carbocycles. The molecule has 2 N–H and O–H groups in total. The van der Waals surface area contributed by atoms with Crippen molar-refractivity contribution in [2.24, 2.45) is 0 Å².